The van der Waals surface area contributed by atoms with Gasteiger partial charge in [-0.1, -0.05) is 12.1 Å². The zero-order valence-corrected chi connectivity index (χ0v) is 14.8. The maximum atomic E-state index is 12.4. The van der Waals surface area contributed by atoms with Crippen molar-refractivity contribution in [2.45, 2.75) is 25.8 Å². The SMILES string of the molecule is CC(NC(=O)c1ccc(N)c([N+](=O)[O-])c1)c1ccc(NC(=O)C2CC2)cc1. The molecule has 1 aliphatic rings. The van der Waals surface area contributed by atoms with Crippen molar-refractivity contribution in [1.29, 1.82) is 0 Å². The molecule has 0 aliphatic heterocycles. The number of hydrogen-bond donors (Lipinski definition) is 3. The Morgan fingerprint density at radius 1 is 1.19 bits per heavy atom. The summed E-state index contributed by atoms with van der Waals surface area (Å²) in [5, 5.41) is 16.6. The van der Waals surface area contributed by atoms with E-state index in [0.29, 0.717) is 5.69 Å². The first-order valence-corrected chi connectivity index (χ1v) is 8.60. The van der Waals surface area contributed by atoms with Gasteiger partial charge in [-0.15, -0.1) is 0 Å². The van der Waals surface area contributed by atoms with Gasteiger partial charge in [0, 0.05) is 23.2 Å². The molecule has 27 heavy (non-hydrogen) atoms. The molecule has 0 radical (unpaired) electrons. The number of carbonyl (C=O) groups is 2. The van der Waals surface area contributed by atoms with Gasteiger partial charge >= 0.3 is 0 Å². The van der Waals surface area contributed by atoms with Crippen molar-refractivity contribution in [1.82, 2.24) is 5.32 Å². The van der Waals surface area contributed by atoms with Gasteiger partial charge < -0.3 is 16.4 Å². The molecular formula is C19H20N4O4. The fourth-order valence-electron chi connectivity index (χ4n) is 2.65. The summed E-state index contributed by atoms with van der Waals surface area (Å²) in [6.45, 7) is 1.81. The smallest absolute Gasteiger partial charge is 0.292 e. The van der Waals surface area contributed by atoms with Gasteiger partial charge in [-0.3, -0.25) is 19.7 Å². The van der Waals surface area contributed by atoms with E-state index in [-0.39, 0.29) is 34.8 Å². The number of nitro groups is 1. The highest BCUT2D eigenvalue weighted by atomic mass is 16.6. The van der Waals surface area contributed by atoms with Crippen LogP contribution in [0.4, 0.5) is 17.1 Å². The van der Waals surface area contributed by atoms with Gasteiger partial charge in [-0.25, -0.2) is 0 Å². The van der Waals surface area contributed by atoms with Crippen LogP contribution >= 0.6 is 0 Å². The molecule has 4 N–H and O–H groups in total. The van der Waals surface area contributed by atoms with E-state index >= 15 is 0 Å². The Hall–Kier alpha value is -3.42. The number of carbonyl (C=O) groups excluding carboxylic acids is 2. The minimum Gasteiger partial charge on any atom is -0.393 e. The first kappa shape index (κ1) is 18.4. The molecule has 0 saturated heterocycles. The lowest BCUT2D eigenvalue weighted by molar-refractivity contribution is -0.383. The molecule has 1 aliphatic carbocycles. The summed E-state index contributed by atoms with van der Waals surface area (Å²) < 4.78 is 0. The molecule has 1 unspecified atom stereocenters. The van der Waals surface area contributed by atoms with Gasteiger partial charge in [0.1, 0.15) is 5.69 Å². The Bertz CT molecular complexity index is 891. The number of nitrogens with two attached hydrogens (primary N) is 1. The summed E-state index contributed by atoms with van der Waals surface area (Å²) in [6, 6.07) is 10.8. The predicted molar refractivity (Wildman–Crippen MR) is 101 cm³/mol. The van der Waals surface area contributed by atoms with Crippen molar-refractivity contribution in [3.8, 4) is 0 Å². The molecule has 3 rings (SSSR count). The van der Waals surface area contributed by atoms with Gasteiger partial charge in [-0.05, 0) is 49.6 Å². The topological polar surface area (TPSA) is 127 Å². The maximum absolute atomic E-state index is 12.4. The molecule has 8 heteroatoms. The average Bonchev–Trinajstić information content (AvgIpc) is 3.47. The Balaban J connectivity index is 1.64. The number of nitrogen functional groups attached to an aromatic ring is 1. The molecule has 0 aromatic heterocycles. The highest BCUT2D eigenvalue weighted by Crippen LogP contribution is 2.30. The van der Waals surface area contributed by atoms with Gasteiger partial charge in [0.2, 0.25) is 5.91 Å². The van der Waals surface area contributed by atoms with E-state index in [4.69, 9.17) is 5.73 Å². The molecule has 0 spiro atoms. The third-order valence-corrected chi connectivity index (χ3v) is 4.46. The normalized spacial score (nSPS) is 14.3. The molecule has 1 fully saturated rings. The van der Waals surface area contributed by atoms with E-state index in [0.717, 1.165) is 24.5 Å². The number of nitro benzene ring substituents is 1. The predicted octanol–water partition coefficient (Wildman–Crippen LogP) is 3.02. The summed E-state index contributed by atoms with van der Waals surface area (Å²) >= 11 is 0. The van der Waals surface area contributed by atoms with Crippen molar-refractivity contribution in [2.75, 3.05) is 11.1 Å². The summed E-state index contributed by atoms with van der Waals surface area (Å²) in [6.07, 6.45) is 1.88. The highest BCUT2D eigenvalue weighted by Gasteiger charge is 2.29. The summed E-state index contributed by atoms with van der Waals surface area (Å²) in [4.78, 5) is 34.5. The number of amides is 2. The fourth-order valence-corrected chi connectivity index (χ4v) is 2.65. The van der Waals surface area contributed by atoms with Crippen molar-refractivity contribution >= 4 is 28.9 Å². The number of nitrogens with zero attached hydrogens (tertiary/aromatic N) is 1. The maximum Gasteiger partial charge on any atom is 0.292 e. The van der Waals surface area contributed by atoms with Gasteiger partial charge in [0.05, 0.1) is 11.0 Å². The van der Waals surface area contributed by atoms with Crippen molar-refractivity contribution in [3.05, 3.63) is 63.7 Å². The molecule has 1 saturated carbocycles. The number of hydrogen-bond acceptors (Lipinski definition) is 5. The standard InChI is InChI=1S/C19H20N4O4/c1-11(12-4-7-15(8-5-12)22-18(24)13-2-3-13)21-19(25)14-6-9-16(20)17(10-14)23(26)27/h4-11,13H,2-3,20H2,1H3,(H,21,25)(H,22,24). The summed E-state index contributed by atoms with van der Waals surface area (Å²) in [5.74, 6) is -0.266. The lowest BCUT2D eigenvalue weighted by Gasteiger charge is -2.15. The van der Waals surface area contributed by atoms with E-state index in [1.807, 2.05) is 12.1 Å². The fraction of sp³-hybridized carbons (Fsp3) is 0.263. The van der Waals surface area contributed by atoms with Gasteiger partial charge in [0.25, 0.3) is 11.6 Å². The third kappa shape index (κ3) is 4.41. The zero-order valence-electron chi connectivity index (χ0n) is 14.8. The van der Waals surface area contributed by atoms with Gasteiger partial charge in [0.15, 0.2) is 0 Å². The van der Waals surface area contributed by atoms with Crippen molar-refractivity contribution < 1.29 is 14.5 Å². The van der Waals surface area contributed by atoms with Crippen molar-refractivity contribution in [3.63, 3.8) is 0 Å². The van der Waals surface area contributed by atoms with Crippen LogP contribution in [0.15, 0.2) is 42.5 Å². The molecule has 0 heterocycles. The largest absolute Gasteiger partial charge is 0.393 e. The molecule has 2 aromatic carbocycles. The van der Waals surface area contributed by atoms with E-state index in [9.17, 15) is 19.7 Å². The van der Waals surface area contributed by atoms with Crippen LogP contribution in [0.1, 0.15) is 41.7 Å². The Kier molecular flexibility index (Phi) is 5.07. The lowest BCUT2D eigenvalue weighted by Crippen LogP contribution is -2.26. The number of rotatable bonds is 6. The minimum absolute atomic E-state index is 0.00781. The second-order valence-electron chi connectivity index (χ2n) is 6.61. The first-order valence-electron chi connectivity index (χ1n) is 8.60. The van der Waals surface area contributed by atoms with Gasteiger partial charge in [-0.2, -0.15) is 0 Å². The number of anilines is 2. The molecule has 0 bridgehead atoms. The van der Waals surface area contributed by atoms with Crippen LogP contribution in [-0.4, -0.2) is 16.7 Å². The highest BCUT2D eigenvalue weighted by molar-refractivity contribution is 5.96. The van der Waals surface area contributed by atoms with Crippen LogP contribution in [0.25, 0.3) is 0 Å². The Morgan fingerprint density at radius 3 is 2.44 bits per heavy atom. The van der Waals surface area contributed by atoms with E-state index in [1.165, 1.54) is 12.1 Å². The van der Waals surface area contributed by atoms with Crippen LogP contribution in [0.3, 0.4) is 0 Å². The second-order valence-corrected chi connectivity index (χ2v) is 6.61. The van der Waals surface area contributed by atoms with Crippen LogP contribution in [-0.2, 0) is 4.79 Å². The summed E-state index contributed by atoms with van der Waals surface area (Å²) in [7, 11) is 0. The first-order chi connectivity index (χ1) is 12.8. The molecule has 8 nitrogen and oxygen atoms in total. The third-order valence-electron chi connectivity index (χ3n) is 4.46. The zero-order chi connectivity index (χ0) is 19.6. The number of benzene rings is 2. The molecule has 2 aromatic rings. The molecule has 140 valence electrons. The Labute approximate surface area is 155 Å². The minimum atomic E-state index is -0.621. The van der Waals surface area contributed by atoms with Crippen LogP contribution in [0, 0.1) is 16.0 Å². The lowest BCUT2D eigenvalue weighted by atomic mass is 10.1. The molecule has 1 atom stereocenters. The van der Waals surface area contributed by atoms with Crippen molar-refractivity contribution in [2.24, 2.45) is 5.92 Å². The van der Waals surface area contributed by atoms with Crippen LogP contribution in [0.2, 0.25) is 0 Å². The Morgan fingerprint density at radius 2 is 1.85 bits per heavy atom. The van der Waals surface area contributed by atoms with Crippen LogP contribution in [0.5, 0.6) is 0 Å². The molecule has 2 amide bonds. The summed E-state index contributed by atoms with van der Waals surface area (Å²) in [5.41, 5.74) is 6.98. The quantitative estimate of drug-likeness (QED) is 0.410. The second kappa shape index (κ2) is 7.45. The average molecular weight is 368 g/mol. The van der Waals surface area contributed by atoms with E-state index in [2.05, 4.69) is 10.6 Å². The van der Waals surface area contributed by atoms with E-state index in [1.54, 1.807) is 19.1 Å². The molecular weight excluding hydrogens is 348 g/mol. The monoisotopic (exact) mass is 368 g/mol. The number of nitrogens with one attached hydrogen (secondary N) is 2. The van der Waals surface area contributed by atoms with E-state index < -0.39 is 10.8 Å². The van der Waals surface area contributed by atoms with Crippen LogP contribution < -0.4 is 16.4 Å².